The summed E-state index contributed by atoms with van der Waals surface area (Å²) in [5, 5.41) is 18.2. The van der Waals surface area contributed by atoms with Crippen LogP contribution in [0.2, 0.25) is 0 Å². The van der Waals surface area contributed by atoms with E-state index in [4.69, 9.17) is 0 Å². The molecule has 2 aliphatic heterocycles. The van der Waals surface area contributed by atoms with E-state index in [0.29, 0.717) is 37.2 Å². The topological polar surface area (TPSA) is 185 Å². The SMILES string of the molecule is O=C(NC(Cc1cnc[nH]1)C(=O)NC(Cc1cnc[nH]1)C(=O)N1CCCC1C(=O)O)C1CCCN1. The molecule has 4 rings (SSSR count). The van der Waals surface area contributed by atoms with E-state index in [1.165, 1.54) is 17.6 Å². The maximum absolute atomic E-state index is 13.4. The fraction of sp³-hybridized carbons (Fsp3) is 0.545. The van der Waals surface area contributed by atoms with E-state index in [2.05, 4.69) is 35.9 Å². The Hall–Kier alpha value is -3.74. The van der Waals surface area contributed by atoms with Crippen LogP contribution in [0.25, 0.3) is 0 Å². The number of aromatic nitrogens is 4. The third-order valence-corrected chi connectivity index (χ3v) is 6.40. The number of H-pyrrole nitrogens is 2. The van der Waals surface area contributed by atoms with Crippen LogP contribution >= 0.6 is 0 Å². The Morgan fingerprint density at radius 3 is 2.26 bits per heavy atom. The number of rotatable bonds is 10. The van der Waals surface area contributed by atoms with Gasteiger partial charge >= 0.3 is 5.97 Å². The number of carboxylic acid groups (broad SMARTS) is 1. The van der Waals surface area contributed by atoms with Crippen molar-refractivity contribution < 1.29 is 24.3 Å². The molecule has 0 aliphatic carbocycles. The zero-order valence-corrected chi connectivity index (χ0v) is 19.2. The second-order valence-corrected chi connectivity index (χ2v) is 8.86. The van der Waals surface area contributed by atoms with E-state index in [9.17, 15) is 24.3 Å². The average Bonchev–Trinajstić information content (AvgIpc) is 3.64. The number of amides is 3. The number of imidazole rings is 2. The predicted molar refractivity (Wildman–Crippen MR) is 122 cm³/mol. The molecule has 4 heterocycles. The Balaban J connectivity index is 1.52. The lowest BCUT2D eigenvalue weighted by Crippen LogP contribution is -2.58. The zero-order chi connectivity index (χ0) is 24.8. The Kier molecular flexibility index (Phi) is 7.75. The van der Waals surface area contributed by atoms with Crippen LogP contribution in [0.5, 0.6) is 0 Å². The van der Waals surface area contributed by atoms with E-state index in [0.717, 1.165) is 13.0 Å². The fourth-order valence-electron chi connectivity index (χ4n) is 4.58. The molecule has 35 heavy (non-hydrogen) atoms. The molecule has 13 nitrogen and oxygen atoms in total. The third-order valence-electron chi connectivity index (χ3n) is 6.40. The summed E-state index contributed by atoms with van der Waals surface area (Å²) >= 11 is 0. The van der Waals surface area contributed by atoms with Gasteiger partial charge in [-0.25, -0.2) is 14.8 Å². The minimum Gasteiger partial charge on any atom is -0.480 e. The van der Waals surface area contributed by atoms with Crippen molar-refractivity contribution in [3.05, 3.63) is 36.4 Å². The van der Waals surface area contributed by atoms with Crippen LogP contribution in [0.15, 0.2) is 25.0 Å². The molecule has 0 bridgehead atoms. The molecule has 6 N–H and O–H groups in total. The highest BCUT2D eigenvalue weighted by Crippen LogP contribution is 2.19. The lowest BCUT2D eigenvalue weighted by atomic mass is 10.1. The standard InChI is InChI=1S/C22H30N8O5/c31-19(15-3-1-5-25-15)28-16(7-13-9-23-11-26-13)20(32)29-17(8-14-10-24-12-27-14)21(33)30-6-2-4-18(30)22(34)35/h9-12,15-18,25H,1-8H2,(H,23,26)(H,24,27)(H,28,31)(H,29,32)(H,34,35). The summed E-state index contributed by atoms with van der Waals surface area (Å²) in [6, 6.07) is -3.31. The van der Waals surface area contributed by atoms with Crippen LogP contribution in [0, 0.1) is 0 Å². The smallest absolute Gasteiger partial charge is 0.326 e. The van der Waals surface area contributed by atoms with Gasteiger partial charge in [-0.15, -0.1) is 0 Å². The van der Waals surface area contributed by atoms with Gasteiger partial charge in [-0.2, -0.15) is 0 Å². The van der Waals surface area contributed by atoms with Crippen molar-refractivity contribution >= 4 is 23.7 Å². The molecule has 188 valence electrons. The van der Waals surface area contributed by atoms with E-state index < -0.39 is 35.9 Å². The van der Waals surface area contributed by atoms with Crippen LogP contribution in [0.4, 0.5) is 0 Å². The highest BCUT2D eigenvalue weighted by Gasteiger charge is 2.39. The number of aromatic amines is 2. The summed E-state index contributed by atoms with van der Waals surface area (Å²) in [7, 11) is 0. The Morgan fingerprint density at radius 2 is 1.69 bits per heavy atom. The molecule has 13 heteroatoms. The van der Waals surface area contributed by atoms with E-state index in [1.54, 1.807) is 12.4 Å². The molecular weight excluding hydrogens is 456 g/mol. The largest absolute Gasteiger partial charge is 0.480 e. The maximum Gasteiger partial charge on any atom is 0.326 e. The molecule has 2 fully saturated rings. The number of carbonyl (C=O) groups excluding carboxylic acids is 3. The van der Waals surface area contributed by atoms with Crippen LogP contribution < -0.4 is 16.0 Å². The van der Waals surface area contributed by atoms with Crippen molar-refractivity contribution in [1.82, 2.24) is 40.8 Å². The molecule has 0 radical (unpaired) electrons. The second kappa shape index (κ2) is 11.1. The molecule has 2 saturated heterocycles. The van der Waals surface area contributed by atoms with Crippen molar-refractivity contribution in [3.63, 3.8) is 0 Å². The summed E-state index contributed by atoms with van der Waals surface area (Å²) in [5.74, 6) is -2.39. The number of likely N-dealkylation sites (tertiary alicyclic amines) is 1. The second-order valence-electron chi connectivity index (χ2n) is 8.86. The summed E-state index contributed by atoms with van der Waals surface area (Å²) in [6.45, 7) is 1.03. The van der Waals surface area contributed by atoms with Gasteiger partial charge in [0.15, 0.2) is 0 Å². The normalized spacial score (nSPS) is 21.4. The Bertz CT molecular complexity index is 1020. The minimum absolute atomic E-state index is 0.0995. The molecule has 2 aromatic rings. The first kappa shape index (κ1) is 24.4. The minimum atomic E-state index is -1.07. The summed E-state index contributed by atoms with van der Waals surface area (Å²) in [6.07, 6.45) is 8.78. The van der Waals surface area contributed by atoms with Crippen LogP contribution in [-0.4, -0.2) is 90.9 Å². The van der Waals surface area contributed by atoms with Gasteiger partial charge in [0.25, 0.3) is 0 Å². The zero-order valence-electron chi connectivity index (χ0n) is 19.2. The van der Waals surface area contributed by atoms with Gasteiger partial charge < -0.3 is 35.9 Å². The first-order valence-electron chi connectivity index (χ1n) is 11.7. The van der Waals surface area contributed by atoms with Crippen molar-refractivity contribution in [1.29, 1.82) is 0 Å². The lowest BCUT2D eigenvalue weighted by Gasteiger charge is -2.28. The molecule has 3 amide bonds. The molecule has 0 aromatic carbocycles. The van der Waals surface area contributed by atoms with Crippen LogP contribution in [-0.2, 0) is 32.0 Å². The van der Waals surface area contributed by atoms with Crippen molar-refractivity contribution in [2.24, 2.45) is 0 Å². The van der Waals surface area contributed by atoms with Gasteiger partial charge in [0, 0.05) is 43.2 Å². The molecule has 4 unspecified atom stereocenters. The first-order chi connectivity index (χ1) is 16.9. The van der Waals surface area contributed by atoms with Gasteiger partial charge in [0.2, 0.25) is 17.7 Å². The number of hydrogen-bond acceptors (Lipinski definition) is 7. The van der Waals surface area contributed by atoms with Crippen molar-refractivity contribution in [2.45, 2.75) is 62.7 Å². The third kappa shape index (κ3) is 6.04. The van der Waals surface area contributed by atoms with Gasteiger partial charge in [0.05, 0.1) is 18.7 Å². The fourth-order valence-corrected chi connectivity index (χ4v) is 4.58. The quantitative estimate of drug-likeness (QED) is 0.240. The Labute approximate surface area is 201 Å². The number of carboxylic acids is 1. The molecule has 0 saturated carbocycles. The number of aliphatic carboxylic acids is 1. The number of carbonyl (C=O) groups is 4. The van der Waals surface area contributed by atoms with Gasteiger partial charge in [-0.1, -0.05) is 0 Å². The van der Waals surface area contributed by atoms with Gasteiger partial charge in [-0.05, 0) is 32.2 Å². The van der Waals surface area contributed by atoms with Crippen LogP contribution in [0.1, 0.15) is 37.1 Å². The summed E-state index contributed by atoms with van der Waals surface area (Å²) < 4.78 is 0. The molecular formula is C22H30N8O5. The molecule has 4 atom stereocenters. The van der Waals surface area contributed by atoms with Crippen molar-refractivity contribution in [3.8, 4) is 0 Å². The highest BCUT2D eigenvalue weighted by molar-refractivity contribution is 5.94. The van der Waals surface area contributed by atoms with E-state index in [1.807, 2.05) is 0 Å². The van der Waals surface area contributed by atoms with Gasteiger partial charge in [0.1, 0.15) is 18.1 Å². The number of nitrogens with zero attached hydrogens (tertiary/aromatic N) is 3. The molecule has 0 spiro atoms. The molecule has 2 aromatic heterocycles. The number of nitrogens with one attached hydrogen (secondary N) is 5. The average molecular weight is 487 g/mol. The number of hydrogen-bond donors (Lipinski definition) is 6. The highest BCUT2D eigenvalue weighted by atomic mass is 16.4. The van der Waals surface area contributed by atoms with E-state index in [-0.39, 0.29) is 24.8 Å². The molecule has 2 aliphatic rings. The maximum atomic E-state index is 13.4. The van der Waals surface area contributed by atoms with Crippen LogP contribution in [0.3, 0.4) is 0 Å². The summed E-state index contributed by atoms with van der Waals surface area (Å²) in [5.41, 5.74) is 1.26. The van der Waals surface area contributed by atoms with Crippen molar-refractivity contribution in [2.75, 3.05) is 13.1 Å². The summed E-state index contributed by atoms with van der Waals surface area (Å²) in [4.78, 5) is 66.3. The Morgan fingerprint density at radius 1 is 1.00 bits per heavy atom. The lowest BCUT2D eigenvalue weighted by molar-refractivity contribution is -0.149. The van der Waals surface area contributed by atoms with Gasteiger partial charge in [-0.3, -0.25) is 14.4 Å². The first-order valence-corrected chi connectivity index (χ1v) is 11.7. The predicted octanol–water partition coefficient (Wildman–Crippen LogP) is -1.28. The van der Waals surface area contributed by atoms with E-state index >= 15 is 0 Å². The monoisotopic (exact) mass is 486 g/mol.